The average Bonchev–Trinajstić information content (AvgIpc) is 2.55. The standard InChI is InChI=1S/C13H13NO/c1-9-7-10-3-4-11(15-2)8-13(10)12(9)5-6-14/h3-4,8H,5,7H2,1-2H3. The Morgan fingerprint density at radius 1 is 1.47 bits per heavy atom. The fourth-order valence-corrected chi connectivity index (χ4v) is 2.07. The molecule has 0 spiro atoms. The third-order valence-corrected chi connectivity index (χ3v) is 2.87. The fraction of sp³-hybridized carbons (Fsp3) is 0.308. The van der Waals surface area contributed by atoms with Crippen LogP contribution in [0.4, 0.5) is 0 Å². The SMILES string of the molecule is COc1ccc2c(c1)C(CC#N)=C(C)C2. The van der Waals surface area contributed by atoms with Crippen LogP contribution in [0.25, 0.3) is 5.57 Å². The summed E-state index contributed by atoms with van der Waals surface area (Å²) in [6.07, 6.45) is 1.46. The van der Waals surface area contributed by atoms with Gasteiger partial charge in [0.25, 0.3) is 0 Å². The zero-order chi connectivity index (χ0) is 10.8. The molecular formula is C13H13NO. The van der Waals surface area contributed by atoms with Crippen molar-refractivity contribution in [2.75, 3.05) is 7.11 Å². The third-order valence-electron chi connectivity index (χ3n) is 2.87. The predicted molar refractivity (Wildman–Crippen MR) is 59.5 cm³/mol. The molecule has 15 heavy (non-hydrogen) atoms. The Labute approximate surface area is 89.8 Å². The van der Waals surface area contributed by atoms with Gasteiger partial charge in [0.15, 0.2) is 0 Å². The van der Waals surface area contributed by atoms with Gasteiger partial charge in [0, 0.05) is 0 Å². The average molecular weight is 199 g/mol. The Kier molecular flexibility index (Phi) is 2.47. The predicted octanol–water partition coefficient (Wildman–Crippen LogP) is 2.94. The molecule has 0 radical (unpaired) electrons. The van der Waals surface area contributed by atoms with Gasteiger partial charge >= 0.3 is 0 Å². The highest BCUT2D eigenvalue weighted by Gasteiger charge is 2.18. The molecule has 0 amide bonds. The van der Waals surface area contributed by atoms with Crippen LogP contribution in [0, 0.1) is 11.3 Å². The molecule has 0 aromatic heterocycles. The highest BCUT2D eigenvalue weighted by Crippen LogP contribution is 2.36. The van der Waals surface area contributed by atoms with Crippen molar-refractivity contribution in [1.82, 2.24) is 0 Å². The number of hydrogen-bond acceptors (Lipinski definition) is 2. The minimum atomic E-state index is 0.492. The number of nitrogens with zero attached hydrogens (tertiary/aromatic N) is 1. The summed E-state index contributed by atoms with van der Waals surface area (Å²) < 4.78 is 5.20. The van der Waals surface area contributed by atoms with E-state index in [2.05, 4.69) is 19.1 Å². The van der Waals surface area contributed by atoms with Gasteiger partial charge in [0.05, 0.1) is 19.6 Å². The first-order valence-corrected chi connectivity index (χ1v) is 4.99. The van der Waals surface area contributed by atoms with Gasteiger partial charge < -0.3 is 4.74 Å². The molecule has 2 heteroatoms. The summed E-state index contributed by atoms with van der Waals surface area (Å²) in [5.74, 6) is 0.860. The van der Waals surface area contributed by atoms with Crippen molar-refractivity contribution in [1.29, 1.82) is 5.26 Å². The summed E-state index contributed by atoms with van der Waals surface area (Å²) in [6.45, 7) is 2.10. The Morgan fingerprint density at radius 3 is 2.93 bits per heavy atom. The van der Waals surface area contributed by atoms with Gasteiger partial charge in [0.1, 0.15) is 5.75 Å². The van der Waals surface area contributed by atoms with E-state index >= 15 is 0 Å². The largest absolute Gasteiger partial charge is 0.497 e. The number of rotatable bonds is 2. The lowest BCUT2D eigenvalue weighted by atomic mass is 10.0. The van der Waals surface area contributed by atoms with Gasteiger partial charge in [-0.05, 0) is 42.2 Å². The highest BCUT2D eigenvalue weighted by atomic mass is 16.5. The number of benzene rings is 1. The van der Waals surface area contributed by atoms with Crippen LogP contribution in [0.5, 0.6) is 5.75 Å². The van der Waals surface area contributed by atoms with Crippen molar-refractivity contribution in [2.24, 2.45) is 0 Å². The summed E-state index contributed by atoms with van der Waals surface area (Å²) >= 11 is 0. The molecular weight excluding hydrogens is 186 g/mol. The molecule has 2 rings (SSSR count). The number of fused-ring (bicyclic) bond motifs is 1. The molecule has 2 nitrogen and oxygen atoms in total. The van der Waals surface area contributed by atoms with Crippen LogP contribution in [0.3, 0.4) is 0 Å². The van der Waals surface area contributed by atoms with E-state index in [9.17, 15) is 0 Å². The Morgan fingerprint density at radius 2 is 2.27 bits per heavy atom. The maximum absolute atomic E-state index is 8.78. The second-order valence-corrected chi connectivity index (χ2v) is 3.79. The van der Waals surface area contributed by atoms with E-state index in [0.29, 0.717) is 6.42 Å². The van der Waals surface area contributed by atoms with Gasteiger partial charge in [-0.2, -0.15) is 5.26 Å². The smallest absolute Gasteiger partial charge is 0.119 e. The molecule has 76 valence electrons. The molecule has 0 bridgehead atoms. The van der Waals surface area contributed by atoms with Crippen LogP contribution >= 0.6 is 0 Å². The van der Waals surface area contributed by atoms with Crippen molar-refractivity contribution < 1.29 is 4.74 Å². The number of methoxy groups -OCH3 is 1. The van der Waals surface area contributed by atoms with Crippen LogP contribution in [-0.4, -0.2) is 7.11 Å². The molecule has 0 aliphatic heterocycles. The first kappa shape index (κ1) is 9.79. The van der Waals surface area contributed by atoms with Gasteiger partial charge in [-0.3, -0.25) is 0 Å². The topological polar surface area (TPSA) is 33.0 Å². The van der Waals surface area contributed by atoms with Gasteiger partial charge in [0.2, 0.25) is 0 Å². The van der Waals surface area contributed by atoms with Gasteiger partial charge in [-0.1, -0.05) is 11.6 Å². The molecule has 0 saturated heterocycles. The molecule has 1 aromatic rings. The van der Waals surface area contributed by atoms with Crippen LogP contribution in [0.1, 0.15) is 24.5 Å². The Balaban J connectivity index is 2.47. The van der Waals surface area contributed by atoms with E-state index in [4.69, 9.17) is 10.00 Å². The fourth-order valence-electron chi connectivity index (χ4n) is 2.07. The lowest BCUT2D eigenvalue weighted by Gasteiger charge is -2.05. The van der Waals surface area contributed by atoms with E-state index in [1.165, 1.54) is 22.3 Å². The van der Waals surface area contributed by atoms with Crippen molar-refractivity contribution >= 4 is 5.57 Å². The van der Waals surface area contributed by atoms with Crippen molar-refractivity contribution in [3.63, 3.8) is 0 Å². The number of hydrogen-bond donors (Lipinski definition) is 0. The summed E-state index contributed by atoms with van der Waals surface area (Å²) in [5, 5.41) is 8.78. The second kappa shape index (κ2) is 3.78. The highest BCUT2D eigenvalue weighted by molar-refractivity contribution is 5.78. The molecule has 0 atom stereocenters. The maximum atomic E-state index is 8.78. The molecule has 0 N–H and O–H groups in total. The van der Waals surface area contributed by atoms with Crippen molar-refractivity contribution in [3.05, 3.63) is 34.9 Å². The quantitative estimate of drug-likeness (QED) is 0.733. The summed E-state index contributed by atoms with van der Waals surface area (Å²) in [7, 11) is 1.66. The first-order chi connectivity index (χ1) is 7.26. The van der Waals surface area contributed by atoms with Crippen molar-refractivity contribution in [3.8, 4) is 11.8 Å². The number of nitriles is 1. The zero-order valence-corrected chi connectivity index (χ0v) is 9.00. The summed E-state index contributed by atoms with van der Waals surface area (Å²) in [6, 6.07) is 8.31. The molecule has 1 aliphatic carbocycles. The molecule has 0 unspecified atom stereocenters. The van der Waals surface area contributed by atoms with Crippen LogP contribution in [-0.2, 0) is 6.42 Å². The maximum Gasteiger partial charge on any atom is 0.119 e. The monoisotopic (exact) mass is 199 g/mol. The third kappa shape index (κ3) is 1.61. The normalized spacial score (nSPS) is 13.7. The number of allylic oxidation sites excluding steroid dienone is 2. The van der Waals surface area contributed by atoms with Gasteiger partial charge in [-0.15, -0.1) is 0 Å². The molecule has 0 fully saturated rings. The molecule has 0 heterocycles. The number of ether oxygens (including phenoxy) is 1. The lowest BCUT2D eigenvalue weighted by Crippen LogP contribution is -1.88. The van der Waals surface area contributed by atoms with Crippen LogP contribution < -0.4 is 4.74 Å². The summed E-state index contributed by atoms with van der Waals surface area (Å²) in [5.41, 5.74) is 4.97. The first-order valence-electron chi connectivity index (χ1n) is 4.99. The van der Waals surface area contributed by atoms with E-state index in [1.807, 2.05) is 12.1 Å². The minimum Gasteiger partial charge on any atom is -0.497 e. The Bertz CT molecular complexity index is 466. The zero-order valence-electron chi connectivity index (χ0n) is 9.00. The van der Waals surface area contributed by atoms with E-state index in [0.717, 1.165) is 12.2 Å². The Hall–Kier alpha value is -1.75. The van der Waals surface area contributed by atoms with E-state index in [-0.39, 0.29) is 0 Å². The second-order valence-electron chi connectivity index (χ2n) is 3.79. The van der Waals surface area contributed by atoms with Crippen LogP contribution in [0.15, 0.2) is 23.8 Å². The lowest BCUT2D eigenvalue weighted by molar-refractivity contribution is 0.414. The summed E-state index contributed by atoms with van der Waals surface area (Å²) in [4.78, 5) is 0. The van der Waals surface area contributed by atoms with Crippen LogP contribution in [0.2, 0.25) is 0 Å². The molecule has 0 saturated carbocycles. The van der Waals surface area contributed by atoms with Crippen molar-refractivity contribution in [2.45, 2.75) is 19.8 Å². The molecule has 1 aromatic carbocycles. The molecule has 1 aliphatic rings. The van der Waals surface area contributed by atoms with E-state index in [1.54, 1.807) is 7.11 Å². The van der Waals surface area contributed by atoms with Gasteiger partial charge in [-0.25, -0.2) is 0 Å². The van der Waals surface area contributed by atoms with E-state index < -0.39 is 0 Å². The minimum absolute atomic E-state index is 0.492.